The van der Waals surface area contributed by atoms with Gasteiger partial charge in [0.2, 0.25) is 0 Å². The predicted molar refractivity (Wildman–Crippen MR) is 63.0 cm³/mol. The molecule has 0 aliphatic heterocycles. The van der Waals surface area contributed by atoms with Crippen LogP contribution < -0.4 is 0 Å². The molecule has 0 fully saturated rings. The van der Waals surface area contributed by atoms with Crippen LogP contribution in [0, 0.1) is 11.6 Å². The van der Waals surface area contributed by atoms with Crippen molar-refractivity contribution in [1.29, 1.82) is 0 Å². The number of aliphatic hydroxyl groups excluding tert-OH is 1. The number of halogens is 2. The smallest absolute Gasteiger partial charge is 0.159 e. The third-order valence-corrected chi connectivity index (χ3v) is 2.87. The quantitative estimate of drug-likeness (QED) is 0.910. The van der Waals surface area contributed by atoms with Gasteiger partial charge in [0.1, 0.15) is 6.10 Å². The molecule has 3 nitrogen and oxygen atoms in total. The van der Waals surface area contributed by atoms with Gasteiger partial charge in [-0.3, -0.25) is 4.68 Å². The fourth-order valence-electron chi connectivity index (χ4n) is 1.83. The Morgan fingerprint density at radius 1 is 1.28 bits per heavy atom. The summed E-state index contributed by atoms with van der Waals surface area (Å²) in [7, 11) is 1.71. The molecule has 2 aromatic rings. The van der Waals surface area contributed by atoms with Gasteiger partial charge in [0.05, 0.1) is 11.4 Å². The van der Waals surface area contributed by atoms with Gasteiger partial charge in [-0.2, -0.15) is 5.10 Å². The number of aryl methyl sites for hydroxylation is 2. The van der Waals surface area contributed by atoms with Gasteiger partial charge in [0, 0.05) is 7.05 Å². The summed E-state index contributed by atoms with van der Waals surface area (Å²) >= 11 is 0. The van der Waals surface area contributed by atoms with Crippen LogP contribution in [0.1, 0.15) is 30.0 Å². The van der Waals surface area contributed by atoms with E-state index in [2.05, 4.69) is 5.10 Å². The highest BCUT2D eigenvalue weighted by molar-refractivity contribution is 5.28. The lowest BCUT2D eigenvalue weighted by molar-refractivity contribution is 0.209. The topological polar surface area (TPSA) is 38.0 Å². The zero-order valence-electron chi connectivity index (χ0n) is 10.2. The fraction of sp³-hybridized carbons (Fsp3) is 0.308. The Morgan fingerprint density at radius 3 is 2.56 bits per heavy atom. The van der Waals surface area contributed by atoms with Gasteiger partial charge in [-0.1, -0.05) is 13.0 Å². The second-order valence-electron chi connectivity index (χ2n) is 4.11. The lowest BCUT2D eigenvalue weighted by Crippen LogP contribution is -2.07. The van der Waals surface area contributed by atoms with Gasteiger partial charge in [-0.25, -0.2) is 8.78 Å². The molecule has 0 radical (unpaired) electrons. The molecule has 0 saturated heterocycles. The van der Waals surface area contributed by atoms with Crippen LogP contribution in [0.5, 0.6) is 0 Å². The largest absolute Gasteiger partial charge is 0.382 e. The Hall–Kier alpha value is -1.75. The normalized spacial score (nSPS) is 12.7. The molecule has 0 spiro atoms. The molecule has 0 bridgehead atoms. The van der Waals surface area contributed by atoms with Crippen LogP contribution in [-0.4, -0.2) is 14.9 Å². The molecule has 0 aliphatic rings. The highest BCUT2D eigenvalue weighted by Crippen LogP contribution is 2.23. The number of hydrogen-bond donors (Lipinski definition) is 1. The average Bonchev–Trinajstić information content (AvgIpc) is 2.73. The maximum Gasteiger partial charge on any atom is 0.159 e. The first-order chi connectivity index (χ1) is 8.52. The molecule has 1 aromatic heterocycles. The maximum absolute atomic E-state index is 13.1. The van der Waals surface area contributed by atoms with E-state index in [1.807, 2.05) is 6.92 Å². The van der Waals surface area contributed by atoms with Gasteiger partial charge < -0.3 is 5.11 Å². The van der Waals surface area contributed by atoms with E-state index in [1.54, 1.807) is 17.8 Å². The van der Waals surface area contributed by atoms with E-state index in [1.165, 1.54) is 6.07 Å². The van der Waals surface area contributed by atoms with E-state index >= 15 is 0 Å². The Labute approximate surface area is 104 Å². The summed E-state index contributed by atoms with van der Waals surface area (Å²) in [5.74, 6) is -1.89. The van der Waals surface area contributed by atoms with Crippen molar-refractivity contribution in [3.8, 4) is 0 Å². The number of hydrogen-bond acceptors (Lipinski definition) is 2. The zero-order chi connectivity index (χ0) is 13.3. The molecular weight excluding hydrogens is 238 g/mol. The molecule has 0 saturated carbocycles. The Bertz CT molecular complexity index is 566. The fourth-order valence-corrected chi connectivity index (χ4v) is 1.83. The van der Waals surface area contributed by atoms with Crippen LogP contribution in [0.2, 0.25) is 0 Å². The van der Waals surface area contributed by atoms with Crippen LogP contribution in [-0.2, 0) is 13.5 Å². The van der Waals surface area contributed by atoms with Gasteiger partial charge >= 0.3 is 0 Å². The predicted octanol–water partition coefficient (Wildman–Crippen LogP) is 2.34. The molecule has 96 valence electrons. The Morgan fingerprint density at radius 2 is 2.00 bits per heavy atom. The van der Waals surface area contributed by atoms with Crippen LogP contribution in [0.25, 0.3) is 0 Å². The van der Waals surface area contributed by atoms with E-state index in [4.69, 9.17) is 0 Å². The Balaban J connectivity index is 2.37. The molecule has 2 rings (SSSR count). The second-order valence-corrected chi connectivity index (χ2v) is 4.11. The molecule has 1 aromatic carbocycles. The van der Waals surface area contributed by atoms with E-state index in [9.17, 15) is 13.9 Å². The van der Waals surface area contributed by atoms with E-state index in [0.717, 1.165) is 24.2 Å². The minimum Gasteiger partial charge on any atom is -0.382 e. The summed E-state index contributed by atoms with van der Waals surface area (Å²) in [4.78, 5) is 0. The van der Waals surface area contributed by atoms with Crippen molar-refractivity contribution >= 4 is 0 Å². The minimum absolute atomic E-state index is 0.305. The van der Waals surface area contributed by atoms with Crippen molar-refractivity contribution in [1.82, 2.24) is 9.78 Å². The van der Waals surface area contributed by atoms with E-state index < -0.39 is 17.7 Å². The second kappa shape index (κ2) is 4.86. The van der Waals surface area contributed by atoms with Gasteiger partial charge in [0.15, 0.2) is 11.6 Å². The number of aromatic nitrogens is 2. The molecule has 5 heteroatoms. The van der Waals surface area contributed by atoms with Crippen molar-refractivity contribution in [2.75, 3.05) is 0 Å². The number of nitrogens with zero attached hydrogens (tertiary/aromatic N) is 2. The van der Waals surface area contributed by atoms with Crippen LogP contribution in [0.15, 0.2) is 24.3 Å². The van der Waals surface area contributed by atoms with Crippen molar-refractivity contribution in [2.45, 2.75) is 19.4 Å². The molecule has 0 amide bonds. The average molecular weight is 252 g/mol. The molecule has 18 heavy (non-hydrogen) atoms. The van der Waals surface area contributed by atoms with Gasteiger partial charge in [0.25, 0.3) is 0 Å². The highest BCUT2D eigenvalue weighted by atomic mass is 19.2. The van der Waals surface area contributed by atoms with Crippen LogP contribution >= 0.6 is 0 Å². The van der Waals surface area contributed by atoms with E-state index in [0.29, 0.717) is 11.3 Å². The van der Waals surface area contributed by atoms with Crippen molar-refractivity contribution in [3.63, 3.8) is 0 Å². The van der Waals surface area contributed by atoms with Crippen LogP contribution in [0.3, 0.4) is 0 Å². The molecule has 1 N–H and O–H groups in total. The summed E-state index contributed by atoms with van der Waals surface area (Å²) in [6.45, 7) is 1.95. The van der Waals surface area contributed by atoms with Crippen molar-refractivity contribution < 1.29 is 13.9 Å². The maximum atomic E-state index is 13.1. The third kappa shape index (κ3) is 2.26. The first kappa shape index (κ1) is 12.7. The van der Waals surface area contributed by atoms with Gasteiger partial charge in [-0.15, -0.1) is 0 Å². The Kier molecular flexibility index (Phi) is 3.43. The first-order valence-corrected chi connectivity index (χ1v) is 5.68. The van der Waals surface area contributed by atoms with E-state index in [-0.39, 0.29) is 0 Å². The molecule has 1 unspecified atom stereocenters. The lowest BCUT2D eigenvalue weighted by Gasteiger charge is -2.11. The van der Waals surface area contributed by atoms with Crippen molar-refractivity contribution in [3.05, 3.63) is 52.9 Å². The number of benzene rings is 1. The monoisotopic (exact) mass is 252 g/mol. The number of aliphatic hydroxyl groups is 1. The summed E-state index contributed by atoms with van der Waals surface area (Å²) in [5, 5.41) is 14.4. The van der Waals surface area contributed by atoms with Gasteiger partial charge in [-0.05, 0) is 30.2 Å². The molecule has 1 atom stereocenters. The summed E-state index contributed by atoms with van der Waals surface area (Å²) < 4.78 is 27.5. The third-order valence-electron chi connectivity index (χ3n) is 2.87. The standard InChI is InChI=1S/C13H14F2N2O/c1-3-9-7-12(17(2)16-9)13(18)8-4-5-10(14)11(15)6-8/h4-7,13,18H,3H2,1-2H3. The first-order valence-electron chi connectivity index (χ1n) is 5.68. The molecular formula is C13H14F2N2O. The lowest BCUT2D eigenvalue weighted by atomic mass is 10.1. The van der Waals surface area contributed by atoms with Crippen LogP contribution in [0.4, 0.5) is 8.78 Å². The molecule has 1 heterocycles. The minimum atomic E-state index is -1.02. The highest BCUT2D eigenvalue weighted by Gasteiger charge is 2.17. The zero-order valence-corrected chi connectivity index (χ0v) is 10.2. The summed E-state index contributed by atoms with van der Waals surface area (Å²) in [6.07, 6.45) is -0.267. The summed E-state index contributed by atoms with van der Waals surface area (Å²) in [5.41, 5.74) is 1.70. The summed E-state index contributed by atoms with van der Waals surface area (Å²) in [6, 6.07) is 5.12. The molecule has 0 aliphatic carbocycles. The SMILES string of the molecule is CCc1cc(C(O)c2ccc(F)c(F)c2)n(C)n1. The number of rotatable bonds is 3. The van der Waals surface area contributed by atoms with Crippen molar-refractivity contribution in [2.24, 2.45) is 7.05 Å².